The number of carbonyl (C=O) groups is 1. The van der Waals surface area contributed by atoms with Crippen molar-refractivity contribution in [1.82, 2.24) is 9.36 Å². The van der Waals surface area contributed by atoms with Crippen LogP contribution in [0.4, 0.5) is 5.69 Å². The van der Waals surface area contributed by atoms with E-state index in [1.807, 2.05) is 18.2 Å². The van der Waals surface area contributed by atoms with E-state index >= 15 is 0 Å². The molecule has 29 heavy (non-hydrogen) atoms. The Morgan fingerprint density at radius 3 is 2.52 bits per heavy atom. The van der Waals surface area contributed by atoms with Gasteiger partial charge in [-0.25, -0.2) is 9.48 Å². The Balaban J connectivity index is 1.77. The summed E-state index contributed by atoms with van der Waals surface area (Å²) in [5, 5.41) is 3.17. The molecule has 1 amide bonds. The average molecular weight is 454 g/mol. The van der Waals surface area contributed by atoms with E-state index in [1.54, 1.807) is 49.0 Å². The summed E-state index contributed by atoms with van der Waals surface area (Å²) >= 11 is 3.35. The first kappa shape index (κ1) is 18.9. The Bertz CT molecular complexity index is 1370. The highest BCUT2D eigenvalue weighted by Gasteiger charge is 2.21. The number of para-hydroxylation sites is 1. The molecule has 2 heterocycles. The maximum atomic E-state index is 12.9. The van der Waals surface area contributed by atoms with Gasteiger partial charge >= 0.3 is 5.63 Å². The van der Waals surface area contributed by atoms with Crippen molar-refractivity contribution in [2.75, 3.05) is 5.32 Å². The second kappa shape index (κ2) is 7.21. The molecule has 0 fully saturated rings. The molecule has 0 radical (unpaired) electrons. The minimum atomic E-state index is -0.769. The van der Waals surface area contributed by atoms with Gasteiger partial charge in [-0.1, -0.05) is 34.1 Å². The lowest BCUT2D eigenvalue weighted by molar-refractivity contribution is 0.102. The van der Waals surface area contributed by atoms with Crippen LogP contribution in [-0.4, -0.2) is 15.3 Å². The number of anilines is 1. The maximum absolute atomic E-state index is 12.9. The van der Waals surface area contributed by atoms with Gasteiger partial charge in [-0.15, -0.1) is 0 Å². The molecule has 0 bridgehead atoms. The van der Waals surface area contributed by atoms with E-state index < -0.39 is 17.1 Å². The summed E-state index contributed by atoms with van der Waals surface area (Å²) in [6, 6.07) is 15.7. The summed E-state index contributed by atoms with van der Waals surface area (Å²) in [6.07, 6.45) is 0. The largest absolute Gasteiger partial charge is 0.422 e. The normalized spacial score (nSPS) is 11.0. The molecule has 0 spiro atoms. The second-order valence-corrected chi connectivity index (χ2v) is 7.44. The number of hydrogen-bond donors (Lipinski definition) is 1. The monoisotopic (exact) mass is 453 g/mol. The number of hydrogen-bond acceptors (Lipinski definition) is 4. The fraction of sp³-hybridized carbons (Fsp3) is 0.0952. The Kier molecular flexibility index (Phi) is 4.71. The third-order valence-electron chi connectivity index (χ3n) is 4.73. The molecule has 2 aromatic carbocycles. The zero-order valence-corrected chi connectivity index (χ0v) is 17.2. The van der Waals surface area contributed by atoms with Crippen LogP contribution in [0.2, 0.25) is 0 Å². The molecular formula is C21H16BrN3O4. The lowest BCUT2D eigenvalue weighted by Crippen LogP contribution is -2.25. The molecule has 8 heteroatoms. The average Bonchev–Trinajstić information content (AvgIpc) is 2.91. The maximum Gasteiger partial charge on any atom is 0.349 e. The molecule has 0 atom stereocenters. The Hall–Kier alpha value is -3.39. The minimum Gasteiger partial charge on any atom is -0.422 e. The van der Waals surface area contributed by atoms with Gasteiger partial charge in [0.25, 0.3) is 11.5 Å². The van der Waals surface area contributed by atoms with Crippen LogP contribution in [-0.2, 0) is 7.05 Å². The smallest absolute Gasteiger partial charge is 0.349 e. The van der Waals surface area contributed by atoms with E-state index in [4.69, 9.17) is 4.42 Å². The molecule has 0 saturated carbocycles. The molecule has 0 saturated heterocycles. The topological polar surface area (TPSA) is 86.2 Å². The highest BCUT2D eigenvalue weighted by Crippen LogP contribution is 2.20. The van der Waals surface area contributed by atoms with Crippen LogP contribution in [0.5, 0.6) is 0 Å². The third-order valence-corrected chi connectivity index (χ3v) is 5.22. The fourth-order valence-corrected chi connectivity index (χ4v) is 3.52. The number of benzene rings is 2. The van der Waals surface area contributed by atoms with Crippen molar-refractivity contribution < 1.29 is 9.21 Å². The molecular weight excluding hydrogens is 438 g/mol. The van der Waals surface area contributed by atoms with Crippen molar-refractivity contribution >= 4 is 38.5 Å². The van der Waals surface area contributed by atoms with Gasteiger partial charge in [-0.2, -0.15) is 0 Å². The van der Waals surface area contributed by atoms with Crippen molar-refractivity contribution in [3.05, 3.63) is 91.1 Å². The van der Waals surface area contributed by atoms with E-state index in [-0.39, 0.29) is 11.3 Å². The standard InChI is InChI=1S/C21H16BrN3O4/c1-12-18(20(27)25(24(12)2)15-6-4-3-5-7-15)23-19(26)16-11-13-10-14(22)8-9-17(13)29-21(16)28/h3-11H,1-2H3,(H,23,26). The van der Waals surface area contributed by atoms with Crippen LogP contribution < -0.4 is 16.5 Å². The molecule has 1 N–H and O–H groups in total. The zero-order chi connectivity index (χ0) is 20.7. The number of carbonyl (C=O) groups excluding carboxylic acids is 1. The first-order valence-electron chi connectivity index (χ1n) is 8.75. The van der Waals surface area contributed by atoms with E-state index in [1.165, 1.54) is 10.7 Å². The minimum absolute atomic E-state index is 0.107. The summed E-state index contributed by atoms with van der Waals surface area (Å²) in [6.45, 7) is 1.72. The van der Waals surface area contributed by atoms with Crippen molar-refractivity contribution in [2.24, 2.45) is 7.05 Å². The summed E-state index contributed by atoms with van der Waals surface area (Å²) in [4.78, 5) is 38.0. The predicted molar refractivity (Wildman–Crippen MR) is 114 cm³/mol. The molecule has 4 aromatic rings. The Morgan fingerprint density at radius 1 is 1.07 bits per heavy atom. The third kappa shape index (κ3) is 3.31. The lowest BCUT2D eigenvalue weighted by atomic mass is 10.2. The SMILES string of the molecule is Cc1c(NC(=O)c2cc3cc(Br)ccc3oc2=O)c(=O)n(-c2ccccc2)n1C. The number of nitrogens with zero attached hydrogens (tertiary/aromatic N) is 2. The molecule has 2 aromatic heterocycles. The molecule has 4 rings (SSSR count). The van der Waals surface area contributed by atoms with E-state index in [2.05, 4.69) is 21.2 Å². The quantitative estimate of drug-likeness (QED) is 0.480. The molecule has 0 aliphatic rings. The summed E-state index contributed by atoms with van der Waals surface area (Å²) in [7, 11) is 1.72. The summed E-state index contributed by atoms with van der Waals surface area (Å²) in [5.41, 5.74) is 0.363. The number of rotatable bonds is 3. The van der Waals surface area contributed by atoms with Gasteiger partial charge in [0.15, 0.2) is 0 Å². The van der Waals surface area contributed by atoms with Gasteiger partial charge in [0.1, 0.15) is 16.8 Å². The number of amides is 1. The van der Waals surface area contributed by atoms with Gasteiger partial charge in [0.2, 0.25) is 0 Å². The van der Waals surface area contributed by atoms with Crippen molar-refractivity contribution in [1.29, 1.82) is 0 Å². The van der Waals surface area contributed by atoms with Gasteiger partial charge in [0.05, 0.1) is 11.4 Å². The Labute approximate surface area is 173 Å². The first-order valence-corrected chi connectivity index (χ1v) is 9.55. The van der Waals surface area contributed by atoms with E-state index in [0.29, 0.717) is 22.4 Å². The number of halogens is 1. The molecule has 0 aliphatic carbocycles. The van der Waals surface area contributed by atoms with E-state index in [0.717, 1.165) is 4.47 Å². The van der Waals surface area contributed by atoms with Crippen molar-refractivity contribution in [3.8, 4) is 5.69 Å². The van der Waals surface area contributed by atoms with Crippen LogP contribution in [0, 0.1) is 6.92 Å². The Morgan fingerprint density at radius 2 is 1.79 bits per heavy atom. The molecule has 7 nitrogen and oxygen atoms in total. The first-order chi connectivity index (χ1) is 13.9. The van der Waals surface area contributed by atoms with Gasteiger partial charge in [-0.05, 0) is 43.3 Å². The predicted octanol–water partition coefficient (Wildman–Crippen LogP) is 3.61. The van der Waals surface area contributed by atoms with Crippen LogP contribution >= 0.6 is 15.9 Å². The van der Waals surface area contributed by atoms with Crippen molar-refractivity contribution in [3.63, 3.8) is 0 Å². The van der Waals surface area contributed by atoms with Gasteiger partial charge in [-0.3, -0.25) is 14.3 Å². The van der Waals surface area contributed by atoms with Crippen LogP contribution in [0.25, 0.3) is 16.7 Å². The molecule has 0 unspecified atom stereocenters. The van der Waals surface area contributed by atoms with Crippen molar-refractivity contribution in [2.45, 2.75) is 6.92 Å². The van der Waals surface area contributed by atoms with Crippen LogP contribution in [0.3, 0.4) is 0 Å². The lowest BCUT2D eigenvalue weighted by Gasteiger charge is -2.07. The second-order valence-electron chi connectivity index (χ2n) is 6.52. The van der Waals surface area contributed by atoms with Crippen LogP contribution in [0.1, 0.15) is 16.1 Å². The fourth-order valence-electron chi connectivity index (χ4n) is 3.15. The van der Waals surface area contributed by atoms with Crippen LogP contribution in [0.15, 0.2) is 73.1 Å². The van der Waals surface area contributed by atoms with E-state index in [9.17, 15) is 14.4 Å². The zero-order valence-electron chi connectivity index (χ0n) is 15.6. The summed E-state index contributed by atoms with van der Waals surface area (Å²) in [5.74, 6) is -0.702. The number of fused-ring (bicyclic) bond motifs is 1. The highest BCUT2D eigenvalue weighted by molar-refractivity contribution is 9.10. The summed E-state index contributed by atoms with van der Waals surface area (Å²) < 4.78 is 9.12. The van der Waals surface area contributed by atoms with Gasteiger partial charge in [0, 0.05) is 16.9 Å². The molecule has 146 valence electrons. The highest BCUT2D eigenvalue weighted by atomic mass is 79.9. The van der Waals surface area contributed by atoms with Gasteiger partial charge < -0.3 is 9.73 Å². The number of aromatic nitrogens is 2. The number of nitrogens with one attached hydrogen (secondary N) is 1. The molecule has 0 aliphatic heterocycles.